The number of para-hydroxylation sites is 1. The number of ether oxygens (including phenoxy) is 4. The number of nitrogens with one attached hydrogen (secondary N) is 1. The van der Waals surface area contributed by atoms with Gasteiger partial charge in [-0.3, -0.25) is 4.79 Å². The lowest BCUT2D eigenvalue weighted by molar-refractivity contribution is -0.145. The largest absolute Gasteiger partial charge is 0.493 e. The summed E-state index contributed by atoms with van der Waals surface area (Å²) < 4.78 is 22.9. The molecule has 160 valence electrons. The molecule has 0 aromatic heterocycles. The third-order valence-corrected chi connectivity index (χ3v) is 5.20. The standard InChI is InChI=1S/C22H24ClNO5S/c1-4-27-19(25)12-18-22(30)24-16-10-9-13(23)11-15(16)20(29-18)14-7-6-8-17(26-3)21(14)28-5-2/h6-11,18,20H,4-5,12H2,1-3H3,(H,24,30). The molecule has 0 saturated carbocycles. The van der Waals surface area contributed by atoms with Crippen molar-refractivity contribution in [2.24, 2.45) is 0 Å². The van der Waals surface area contributed by atoms with Crippen molar-refractivity contribution < 1.29 is 23.7 Å². The maximum Gasteiger partial charge on any atom is 0.308 e. The fraction of sp³-hybridized carbons (Fsp3) is 0.364. The van der Waals surface area contributed by atoms with E-state index in [0.29, 0.717) is 28.1 Å². The van der Waals surface area contributed by atoms with Crippen molar-refractivity contribution in [2.45, 2.75) is 32.5 Å². The molecule has 3 rings (SSSR count). The second-order valence-electron chi connectivity index (χ2n) is 6.55. The zero-order valence-electron chi connectivity index (χ0n) is 17.1. The van der Waals surface area contributed by atoms with Gasteiger partial charge in [0.25, 0.3) is 0 Å². The van der Waals surface area contributed by atoms with Gasteiger partial charge in [0.1, 0.15) is 17.2 Å². The Kier molecular flexibility index (Phi) is 7.53. The van der Waals surface area contributed by atoms with Crippen molar-refractivity contribution >= 4 is 40.5 Å². The van der Waals surface area contributed by atoms with E-state index in [1.807, 2.05) is 37.3 Å². The first kappa shape index (κ1) is 22.3. The smallest absolute Gasteiger partial charge is 0.308 e. The van der Waals surface area contributed by atoms with Crippen molar-refractivity contribution in [3.63, 3.8) is 0 Å². The molecule has 2 aromatic rings. The highest BCUT2D eigenvalue weighted by Crippen LogP contribution is 2.44. The van der Waals surface area contributed by atoms with Crippen molar-refractivity contribution in [2.75, 3.05) is 25.6 Å². The number of methoxy groups -OCH3 is 1. The van der Waals surface area contributed by atoms with Gasteiger partial charge < -0.3 is 24.3 Å². The van der Waals surface area contributed by atoms with Crippen LogP contribution in [0.15, 0.2) is 36.4 Å². The average Bonchev–Trinajstić information content (AvgIpc) is 2.85. The Morgan fingerprint density at radius 2 is 2.00 bits per heavy atom. The number of esters is 1. The normalized spacial score (nSPS) is 18.1. The van der Waals surface area contributed by atoms with Gasteiger partial charge in [-0.1, -0.05) is 36.0 Å². The Morgan fingerprint density at radius 1 is 1.20 bits per heavy atom. The van der Waals surface area contributed by atoms with Crippen LogP contribution in [-0.2, 0) is 14.3 Å². The fourth-order valence-electron chi connectivity index (χ4n) is 3.33. The minimum absolute atomic E-state index is 0.00810. The summed E-state index contributed by atoms with van der Waals surface area (Å²) in [6.45, 7) is 4.39. The van der Waals surface area contributed by atoms with Crippen molar-refractivity contribution in [3.05, 3.63) is 52.5 Å². The van der Waals surface area contributed by atoms with Gasteiger partial charge in [-0.2, -0.15) is 0 Å². The van der Waals surface area contributed by atoms with E-state index in [0.717, 1.165) is 16.8 Å². The summed E-state index contributed by atoms with van der Waals surface area (Å²) in [5.41, 5.74) is 2.29. The zero-order valence-corrected chi connectivity index (χ0v) is 18.6. The Hall–Kier alpha value is -2.35. The van der Waals surface area contributed by atoms with Gasteiger partial charge in [-0.25, -0.2) is 0 Å². The van der Waals surface area contributed by atoms with E-state index in [1.165, 1.54) is 0 Å². The van der Waals surface area contributed by atoms with Crippen LogP contribution in [0.1, 0.15) is 37.5 Å². The molecule has 0 radical (unpaired) electrons. The molecule has 1 heterocycles. The Bertz CT molecular complexity index is 936. The first-order valence-electron chi connectivity index (χ1n) is 9.69. The summed E-state index contributed by atoms with van der Waals surface area (Å²) in [6.07, 6.45) is -1.29. The van der Waals surface area contributed by atoms with Crippen LogP contribution in [0.4, 0.5) is 5.69 Å². The minimum atomic E-state index is -0.684. The van der Waals surface area contributed by atoms with Crippen LogP contribution in [0.3, 0.4) is 0 Å². The van der Waals surface area contributed by atoms with Crippen molar-refractivity contribution in [1.29, 1.82) is 0 Å². The number of benzene rings is 2. The molecule has 0 saturated heterocycles. The minimum Gasteiger partial charge on any atom is -0.493 e. The quantitative estimate of drug-likeness (QED) is 0.475. The average molecular weight is 450 g/mol. The van der Waals surface area contributed by atoms with Gasteiger partial charge in [0, 0.05) is 21.8 Å². The lowest BCUT2D eigenvalue weighted by Crippen LogP contribution is -2.31. The van der Waals surface area contributed by atoms with E-state index in [1.54, 1.807) is 20.1 Å². The maximum atomic E-state index is 12.2. The fourth-order valence-corrected chi connectivity index (χ4v) is 3.76. The van der Waals surface area contributed by atoms with Crippen LogP contribution in [0, 0.1) is 0 Å². The number of halogens is 1. The first-order valence-corrected chi connectivity index (χ1v) is 10.5. The maximum absolute atomic E-state index is 12.2. The SMILES string of the molecule is CCOC(=O)CC1OC(c2cccc(OC)c2OCC)c2cc(Cl)ccc2NC1=S. The third kappa shape index (κ3) is 4.86. The molecule has 2 atom stereocenters. The Balaban J connectivity index is 2.11. The molecule has 1 aliphatic heterocycles. The van der Waals surface area contributed by atoms with E-state index in [9.17, 15) is 4.79 Å². The van der Waals surface area contributed by atoms with Gasteiger partial charge in [0.15, 0.2) is 11.5 Å². The molecule has 1 aliphatic rings. The molecule has 0 aliphatic carbocycles. The summed E-state index contributed by atoms with van der Waals surface area (Å²) in [5, 5.41) is 3.75. The highest BCUT2D eigenvalue weighted by atomic mass is 35.5. The molecule has 8 heteroatoms. The summed E-state index contributed by atoms with van der Waals surface area (Å²) in [6, 6.07) is 11.0. The molecule has 0 fully saturated rings. The lowest BCUT2D eigenvalue weighted by atomic mass is 9.98. The van der Waals surface area contributed by atoms with E-state index in [2.05, 4.69) is 5.32 Å². The zero-order chi connectivity index (χ0) is 21.7. The highest BCUT2D eigenvalue weighted by Gasteiger charge is 2.33. The molecule has 0 bridgehead atoms. The number of anilines is 1. The number of hydrogen-bond acceptors (Lipinski definition) is 6. The van der Waals surface area contributed by atoms with Gasteiger partial charge in [0.05, 0.1) is 26.7 Å². The van der Waals surface area contributed by atoms with Crippen LogP contribution >= 0.6 is 23.8 Å². The summed E-state index contributed by atoms with van der Waals surface area (Å²) in [7, 11) is 1.58. The number of rotatable bonds is 7. The molecule has 0 amide bonds. The van der Waals surface area contributed by atoms with Gasteiger partial charge in [-0.05, 0) is 38.1 Å². The monoisotopic (exact) mass is 449 g/mol. The van der Waals surface area contributed by atoms with E-state index < -0.39 is 12.2 Å². The lowest BCUT2D eigenvalue weighted by Gasteiger charge is -2.25. The molecule has 30 heavy (non-hydrogen) atoms. The molecule has 6 nitrogen and oxygen atoms in total. The molecule has 1 N–H and O–H groups in total. The van der Waals surface area contributed by atoms with E-state index >= 15 is 0 Å². The number of fused-ring (bicyclic) bond motifs is 1. The number of carbonyl (C=O) groups excluding carboxylic acids is 1. The van der Waals surface area contributed by atoms with Gasteiger partial charge in [-0.15, -0.1) is 0 Å². The predicted octanol–water partition coefficient (Wildman–Crippen LogP) is 4.93. The second-order valence-corrected chi connectivity index (χ2v) is 7.42. The number of hydrogen-bond donors (Lipinski definition) is 1. The summed E-state index contributed by atoms with van der Waals surface area (Å²) in [5.74, 6) is 0.773. The highest BCUT2D eigenvalue weighted by molar-refractivity contribution is 7.80. The molecular weight excluding hydrogens is 426 g/mol. The van der Waals surface area contributed by atoms with Crippen LogP contribution in [0.5, 0.6) is 11.5 Å². The van der Waals surface area contributed by atoms with Crippen LogP contribution in [0.25, 0.3) is 0 Å². The van der Waals surface area contributed by atoms with Crippen molar-refractivity contribution in [3.8, 4) is 11.5 Å². The summed E-state index contributed by atoms with van der Waals surface area (Å²) in [4.78, 5) is 12.6. The third-order valence-electron chi connectivity index (χ3n) is 4.60. The molecule has 2 aromatic carbocycles. The Morgan fingerprint density at radius 3 is 2.70 bits per heavy atom. The van der Waals surface area contributed by atoms with Crippen LogP contribution in [-0.4, -0.2) is 37.4 Å². The van der Waals surface area contributed by atoms with E-state index in [-0.39, 0.29) is 19.0 Å². The van der Waals surface area contributed by atoms with Crippen LogP contribution in [0.2, 0.25) is 5.02 Å². The van der Waals surface area contributed by atoms with Gasteiger partial charge >= 0.3 is 5.97 Å². The second kappa shape index (κ2) is 10.1. The molecule has 0 spiro atoms. The predicted molar refractivity (Wildman–Crippen MR) is 120 cm³/mol. The van der Waals surface area contributed by atoms with Crippen LogP contribution < -0.4 is 14.8 Å². The van der Waals surface area contributed by atoms with Crippen molar-refractivity contribution in [1.82, 2.24) is 0 Å². The topological polar surface area (TPSA) is 66.0 Å². The Labute approximate surface area is 186 Å². The summed E-state index contributed by atoms with van der Waals surface area (Å²) >= 11 is 11.8. The number of thiocarbonyl (C=S) groups is 1. The first-order chi connectivity index (χ1) is 14.5. The van der Waals surface area contributed by atoms with E-state index in [4.69, 9.17) is 42.8 Å². The molecule has 2 unspecified atom stereocenters. The van der Waals surface area contributed by atoms with Gasteiger partial charge in [0.2, 0.25) is 0 Å². The number of carbonyl (C=O) groups is 1. The molecular formula is C22H24ClNO5S.